The molecule has 1 atom stereocenters. The zero-order chi connectivity index (χ0) is 36.5. The summed E-state index contributed by atoms with van der Waals surface area (Å²) in [4.78, 5) is 12.5. The standard InChI is InChI=1S/C18H19F3N2O3S2.C8H8F3N.C4H3ClO2S2/c19-18(20,21)15-7-2-1-5-13(15)11-22-17(24)14-6-3-9-23(12-14)28(25,26)16-8-4-10-27-16;9-8(10,11)7-4-2-1-3-6(7)5-12;5-9(6,7)4-2-1-3-8-4/h1-2,4-5,7-8,10,14H,3,6,9,11-12H2,(H,22,24);1-4H,5,12H2;1-3H. The summed E-state index contributed by atoms with van der Waals surface area (Å²) in [7, 11) is -2.14. The number of sulfonamides is 1. The van der Waals surface area contributed by atoms with Crippen LogP contribution in [0.25, 0.3) is 0 Å². The van der Waals surface area contributed by atoms with Crippen molar-refractivity contribution in [3.63, 3.8) is 0 Å². The molecule has 0 saturated carbocycles. The van der Waals surface area contributed by atoms with Crippen molar-refractivity contribution in [1.82, 2.24) is 9.62 Å². The van der Waals surface area contributed by atoms with Crippen LogP contribution in [-0.2, 0) is 49.3 Å². The molecule has 5 rings (SSSR count). The van der Waals surface area contributed by atoms with E-state index >= 15 is 0 Å². The second-order valence-electron chi connectivity index (χ2n) is 10.2. The fourth-order valence-electron chi connectivity index (χ4n) is 4.57. The summed E-state index contributed by atoms with van der Waals surface area (Å²) in [6.45, 7) is -0.00766. The monoisotopic (exact) mass is 789 g/mol. The molecule has 1 unspecified atom stereocenters. The lowest BCUT2D eigenvalue weighted by Crippen LogP contribution is -2.45. The first-order valence-electron chi connectivity index (χ1n) is 14.2. The van der Waals surface area contributed by atoms with E-state index in [0.717, 1.165) is 34.8 Å². The normalized spacial score (nSPS) is 15.7. The van der Waals surface area contributed by atoms with E-state index in [-0.39, 0.29) is 39.2 Å². The highest BCUT2D eigenvalue weighted by Crippen LogP contribution is 2.33. The fourth-order valence-corrected chi connectivity index (χ4v) is 9.03. The number of halogens is 7. The minimum absolute atomic E-state index is 0.0208. The Labute approximate surface area is 292 Å². The van der Waals surface area contributed by atoms with Crippen LogP contribution in [-0.4, -0.2) is 40.1 Å². The van der Waals surface area contributed by atoms with Crippen LogP contribution in [0, 0.1) is 5.92 Å². The van der Waals surface area contributed by atoms with Crippen LogP contribution in [0.4, 0.5) is 26.3 Å². The van der Waals surface area contributed by atoms with E-state index < -0.39 is 54.4 Å². The quantitative estimate of drug-likeness (QED) is 0.149. The van der Waals surface area contributed by atoms with Gasteiger partial charge in [-0.25, -0.2) is 16.8 Å². The number of nitrogens with one attached hydrogen (secondary N) is 1. The maximum atomic E-state index is 13.1. The molecule has 2 aromatic heterocycles. The van der Waals surface area contributed by atoms with Crippen LogP contribution >= 0.6 is 33.4 Å². The molecule has 268 valence electrons. The van der Waals surface area contributed by atoms with Crippen molar-refractivity contribution >= 4 is 58.3 Å². The van der Waals surface area contributed by atoms with Crippen molar-refractivity contribution in [3.8, 4) is 0 Å². The van der Waals surface area contributed by atoms with Gasteiger partial charge in [-0.15, -0.1) is 22.7 Å². The van der Waals surface area contributed by atoms with Crippen molar-refractivity contribution in [2.24, 2.45) is 11.7 Å². The van der Waals surface area contributed by atoms with Crippen LogP contribution < -0.4 is 11.1 Å². The molecule has 3 N–H and O–H groups in total. The van der Waals surface area contributed by atoms with Gasteiger partial charge in [0.2, 0.25) is 5.91 Å². The number of hydrogen-bond acceptors (Lipinski definition) is 8. The molecule has 49 heavy (non-hydrogen) atoms. The summed E-state index contributed by atoms with van der Waals surface area (Å²) in [6, 6.07) is 16.6. The van der Waals surface area contributed by atoms with Gasteiger partial charge < -0.3 is 11.1 Å². The number of thiophene rings is 2. The van der Waals surface area contributed by atoms with Gasteiger partial charge in [0.25, 0.3) is 19.1 Å². The zero-order valence-electron chi connectivity index (χ0n) is 25.2. The molecule has 19 heteroatoms. The average molecular weight is 790 g/mol. The molecule has 8 nitrogen and oxygen atoms in total. The summed E-state index contributed by atoms with van der Waals surface area (Å²) in [6.07, 6.45) is -7.79. The second-order valence-corrected chi connectivity index (χ2v) is 17.1. The van der Waals surface area contributed by atoms with E-state index in [2.05, 4.69) is 5.32 Å². The predicted octanol–water partition coefficient (Wildman–Crippen LogP) is 7.32. The van der Waals surface area contributed by atoms with E-state index in [1.54, 1.807) is 22.9 Å². The van der Waals surface area contributed by atoms with Crippen molar-refractivity contribution in [2.45, 2.75) is 46.7 Å². The number of hydrogen-bond donors (Lipinski definition) is 2. The van der Waals surface area contributed by atoms with E-state index in [1.165, 1.54) is 52.8 Å². The number of piperidine rings is 1. The van der Waals surface area contributed by atoms with Crippen molar-refractivity contribution in [1.29, 1.82) is 0 Å². The van der Waals surface area contributed by atoms with Gasteiger partial charge >= 0.3 is 12.4 Å². The van der Waals surface area contributed by atoms with E-state index in [9.17, 15) is 48.0 Å². The van der Waals surface area contributed by atoms with Crippen molar-refractivity contribution in [2.75, 3.05) is 13.1 Å². The number of amides is 1. The molecular weight excluding hydrogens is 760 g/mol. The summed E-state index contributed by atoms with van der Waals surface area (Å²) in [5, 5.41) is 5.86. The van der Waals surface area contributed by atoms with Gasteiger partial charge in [0.1, 0.15) is 8.42 Å². The number of benzene rings is 2. The van der Waals surface area contributed by atoms with Gasteiger partial charge in [-0.2, -0.15) is 30.6 Å². The Morgan fingerprint density at radius 1 is 0.816 bits per heavy atom. The summed E-state index contributed by atoms with van der Waals surface area (Å²) in [5.41, 5.74) is 3.81. The van der Waals surface area contributed by atoms with Crippen LogP contribution in [0.15, 0.2) is 92.0 Å². The Balaban J connectivity index is 0.000000252. The Kier molecular flexibility index (Phi) is 14.3. The fraction of sp³-hybridized carbons (Fsp3) is 0.300. The Bertz CT molecular complexity index is 1870. The average Bonchev–Trinajstić information content (AvgIpc) is 3.80. The van der Waals surface area contributed by atoms with Gasteiger partial charge in [0, 0.05) is 36.9 Å². The molecule has 1 aliphatic heterocycles. The van der Waals surface area contributed by atoms with E-state index in [1.807, 2.05) is 0 Å². The molecule has 1 fully saturated rings. The molecule has 0 spiro atoms. The van der Waals surface area contributed by atoms with Gasteiger partial charge in [0.05, 0.1) is 17.0 Å². The van der Waals surface area contributed by atoms with Crippen molar-refractivity contribution in [3.05, 3.63) is 106 Å². The summed E-state index contributed by atoms with van der Waals surface area (Å²) >= 11 is 2.22. The lowest BCUT2D eigenvalue weighted by Gasteiger charge is -2.30. The highest BCUT2D eigenvalue weighted by atomic mass is 35.7. The second kappa shape index (κ2) is 17.3. The smallest absolute Gasteiger partial charge is 0.352 e. The first kappa shape index (κ1) is 40.4. The minimum atomic E-state index is -4.50. The summed E-state index contributed by atoms with van der Waals surface area (Å²) < 4.78 is 124. The van der Waals surface area contributed by atoms with Gasteiger partial charge in [-0.3, -0.25) is 4.79 Å². The number of rotatable bonds is 7. The maximum absolute atomic E-state index is 13.1. The number of carbonyl (C=O) groups excluding carboxylic acids is 1. The predicted molar refractivity (Wildman–Crippen MR) is 176 cm³/mol. The number of nitrogens with zero attached hydrogens (tertiary/aromatic N) is 1. The van der Waals surface area contributed by atoms with E-state index in [0.29, 0.717) is 19.4 Å². The van der Waals surface area contributed by atoms with Crippen LogP contribution in [0.5, 0.6) is 0 Å². The highest BCUT2D eigenvalue weighted by molar-refractivity contribution is 8.15. The first-order valence-corrected chi connectivity index (χ1v) is 19.7. The Morgan fingerprint density at radius 2 is 1.33 bits per heavy atom. The van der Waals surface area contributed by atoms with Crippen LogP contribution in [0.2, 0.25) is 0 Å². The maximum Gasteiger partial charge on any atom is 0.416 e. The lowest BCUT2D eigenvalue weighted by atomic mass is 9.98. The number of alkyl halides is 6. The number of carbonyl (C=O) groups is 1. The lowest BCUT2D eigenvalue weighted by molar-refractivity contribution is -0.139. The van der Waals surface area contributed by atoms with E-state index in [4.69, 9.17) is 16.4 Å². The van der Waals surface area contributed by atoms with Crippen molar-refractivity contribution < 1.29 is 48.0 Å². The molecule has 4 aromatic rings. The third kappa shape index (κ3) is 11.8. The molecular formula is C30H30ClF6N3O5S4. The third-order valence-corrected chi connectivity index (χ3v) is 13.1. The SMILES string of the molecule is NCc1ccccc1C(F)(F)F.O=C(NCc1ccccc1C(F)(F)F)C1CCCN(S(=O)(=O)c2cccs2)C1.O=S(=O)(Cl)c1cccs1. The Hall–Kier alpha value is -3.00. The largest absolute Gasteiger partial charge is 0.416 e. The van der Waals surface area contributed by atoms with Crippen LogP contribution in [0.1, 0.15) is 35.1 Å². The van der Waals surface area contributed by atoms with Crippen LogP contribution in [0.3, 0.4) is 0 Å². The third-order valence-electron chi connectivity index (χ3n) is 6.90. The molecule has 1 amide bonds. The van der Waals surface area contributed by atoms with Gasteiger partial charge in [-0.1, -0.05) is 48.5 Å². The molecule has 3 heterocycles. The molecule has 1 saturated heterocycles. The van der Waals surface area contributed by atoms with Gasteiger partial charge in [0.15, 0.2) is 0 Å². The molecule has 0 radical (unpaired) electrons. The molecule has 2 aromatic carbocycles. The topological polar surface area (TPSA) is 127 Å². The summed E-state index contributed by atoms with van der Waals surface area (Å²) in [5.74, 6) is -1.04. The van der Waals surface area contributed by atoms with Gasteiger partial charge in [-0.05, 0) is 59.0 Å². The molecule has 1 aliphatic rings. The number of nitrogens with two attached hydrogens (primary N) is 1. The minimum Gasteiger partial charge on any atom is -0.352 e. The zero-order valence-corrected chi connectivity index (χ0v) is 29.3. The molecule has 0 aliphatic carbocycles. The molecule has 0 bridgehead atoms. The Morgan fingerprint density at radius 3 is 1.78 bits per heavy atom. The highest BCUT2D eigenvalue weighted by Gasteiger charge is 2.35. The first-order chi connectivity index (χ1) is 22.9.